The first kappa shape index (κ1) is 15.8. The molecule has 1 heterocycles. The number of para-hydroxylation sites is 1. The van der Waals surface area contributed by atoms with Crippen molar-refractivity contribution in [2.24, 2.45) is 0 Å². The summed E-state index contributed by atoms with van der Waals surface area (Å²) < 4.78 is 6.23. The zero-order valence-electron chi connectivity index (χ0n) is 12.8. The van der Waals surface area contributed by atoms with E-state index in [9.17, 15) is 0 Å². The summed E-state index contributed by atoms with van der Waals surface area (Å²) in [5, 5.41) is 0. The molecule has 1 atom stereocenters. The zero-order chi connectivity index (χ0) is 15.4. The van der Waals surface area contributed by atoms with Gasteiger partial charge in [0, 0.05) is 19.2 Å². The number of benzene rings is 1. The summed E-state index contributed by atoms with van der Waals surface area (Å²) >= 11 is 3.42. The highest BCUT2D eigenvalue weighted by molar-refractivity contribution is 9.10. The fourth-order valence-corrected chi connectivity index (χ4v) is 2.71. The molecule has 0 amide bonds. The Kier molecular flexibility index (Phi) is 5.17. The zero-order valence-corrected chi connectivity index (χ0v) is 14.4. The highest BCUT2D eigenvalue weighted by atomic mass is 79.9. The average molecular weight is 350 g/mol. The van der Waals surface area contributed by atoms with Crippen LogP contribution < -0.4 is 9.64 Å². The van der Waals surface area contributed by atoms with Gasteiger partial charge in [-0.2, -0.15) is 0 Å². The van der Waals surface area contributed by atoms with Crippen LogP contribution in [0.1, 0.15) is 18.3 Å². The Morgan fingerprint density at radius 1 is 1.29 bits per heavy atom. The molecule has 0 bridgehead atoms. The van der Waals surface area contributed by atoms with Crippen molar-refractivity contribution >= 4 is 21.7 Å². The van der Waals surface area contributed by atoms with Gasteiger partial charge in [0.1, 0.15) is 22.0 Å². The van der Waals surface area contributed by atoms with E-state index in [-0.39, 0.29) is 0 Å². The van der Waals surface area contributed by atoms with Crippen LogP contribution in [0.4, 0.5) is 5.82 Å². The summed E-state index contributed by atoms with van der Waals surface area (Å²) in [6.45, 7) is 4.07. The van der Waals surface area contributed by atoms with Crippen molar-refractivity contribution in [1.82, 2.24) is 9.97 Å². The van der Waals surface area contributed by atoms with Crippen molar-refractivity contribution in [3.05, 3.63) is 46.3 Å². The number of ether oxygens (including phenoxy) is 1. The van der Waals surface area contributed by atoms with Crippen LogP contribution in [0.3, 0.4) is 0 Å². The number of rotatable bonds is 5. The monoisotopic (exact) mass is 349 g/mol. The SMILES string of the molecule is COc1ccccc1CC(C)N(C)c1cc(Br)nc(C)n1. The van der Waals surface area contributed by atoms with Gasteiger partial charge < -0.3 is 9.64 Å². The van der Waals surface area contributed by atoms with Crippen molar-refractivity contribution in [2.45, 2.75) is 26.3 Å². The van der Waals surface area contributed by atoms with Gasteiger partial charge in [-0.15, -0.1) is 0 Å². The van der Waals surface area contributed by atoms with E-state index in [0.717, 1.165) is 28.4 Å². The van der Waals surface area contributed by atoms with Crippen LogP contribution >= 0.6 is 15.9 Å². The third-order valence-corrected chi connectivity index (χ3v) is 3.93. The number of aryl methyl sites for hydroxylation is 1. The molecule has 1 aromatic carbocycles. The minimum absolute atomic E-state index is 0.294. The minimum atomic E-state index is 0.294. The number of hydrogen-bond acceptors (Lipinski definition) is 4. The summed E-state index contributed by atoms with van der Waals surface area (Å²) in [7, 11) is 3.76. The molecule has 5 heteroatoms. The summed E-state index contributed by atoms with van der Waals surface area (Å²) in [5.41, 5.74) is 1.20. The van der Waals surface area contributed by atoms with E-state index in [1.807, 2.05) is 38.2 Å². The van der Waals surface area contributed by atoms with E-state index in [2.05, 4.69) is 43.8 Å². The second kappa shape index (κ2) is 6.89. The Morgan fingerprint density at radius 2 is 2.00 bits per heavy atom. The Hall–Kier alpha value is -1.62. The Labute approximate surface area is 134 Å². The number of likely N-dealkylation sites (N-methyl/N-ethyl adjacent to an activating group) is 1. The first-order valence-corrected chi connectivity index (χ1v) is 7.66. The molecule has 112 valence electrons. The molecular weight excluding hydrogens is 330 g/mol. The Bertz CT molecular complexity index is 598. The molecule has 0 N–H and O–H groups in total. The first-order valence-electron chi connectivity index (χ1n) is 6.87. The quantitative estimate of drug-likeness (QED) is 0.772. The molecule has 0 aliphatic heterocycles. The second-order valence-corrected chi connectivity index (χ2v) is 5.88. The van der Waals surface area contributed by atoms with Crippen LogP contribution in [0.2, 0.25) is 0 Å². The van der Waals surface area contributed by atoms with Gasteiger partial charge in [-0.1, -0.05) is 18.2 Å². The first-order chi connectivity index (χ1) is 10.0. The lowest BCUT2D eigenvalue weighted by molar-refractivity contribution is 0.408. The van der Waals surface area contributed by atoms with Gasteiger partial charge in [0.15, 0.2) is 0 Å². The van der Waals surface area contributed by atoms with Crippen molar-refractivity contribution < 1.29 is 4.74 Å². The van der Waals surface area contributed by atoms with Crippen LogP contribution in [-0.4, -0.2) is 30.2 Å². The summed E-state index contributed by atoms with van der Waals surface area (Å²) in [4.78, 5) is 10.9. The van der Waals surface area contributed by atoms with Gasteiger partial charge in [0.2, 0.25) is 0 Å². The minimum Gasteiger partial charge on any atom is -0.496 e. The molecule has 1 unspecified atom stereocenters. The highest BCUT2D eigenvalue weighted by Crippen LogP contribution is 2.23. The van der Waals surface area contributed by atoms with Gasteiger partial charge >= 0.3 is 0 Å². The molecule has 2 aromatic rings. The lowest BCUT2D eigenvalue weighted by Crippen LogP contribution is -2.31. The molecule has 0 fully saturated rings. The number of halogens is 1. The molecule has 0 saturated heterocycles. The standard InChI is InChI=1S/C16H20BrN3O/c1-11(9-13-7-5-6-8-14(13)21-4)20(3)16-10-15(17)18-12(2)19-16/h5-8,10-11H,9H2,1-4H3. The lowest BCUT2D eigenvalue weighted by atomic mass is 10.1. The van der Waals surface area contributed by atoms with E-state index in [1.165, 1.54) is 5.56 Å². The van der Waals surface area contributed by atoms with Crippen molar-refractivity contribution in [1.29, 1.82) is 0 Å². The highest BCUT2D eigenvalue weighted by Gasteiger charge is 2.15. The van der Waals surface area contributed by atoms with E-state index in [1.54, 1.807) is 7.11 Å². The van der Waals surface area contributed by atoms with Crippen LogP contribution in [0.25, 0.3) is 0 Å². The molecule has 21 heavy (non-hydrogen) atoms. The van der Waals surface area contributed by atoms with Gasteiger partial charge in [-0.05, 0) is 47.8 Å². The predicted octanol–water partition coefficient (Wildman–Crippen LogP) is 3.62. The molecular formula is C16H20BrN3O. The molecule has 0 aliphatic rings. The predicted molar refractivity (Wildman–Crippen MR) is 89.0 cm³/mol. The Balaban J connectivity index is 2.17. The maximum Gasteiger partial charge on any atom is 0.133 e. The topological polar surface area (TPSA) is 38.2 Å². The fourth-order valence-electron chi connectivity index (χ4n) is 2.25. The molecule has 0 radical (unpaired) electrons. The van der Waals surface area contributed by atoms with Crippen molar-refractivity contribution in [2.75, 3.05) is 19.1 Å². The molecule has 2 rings (SSSR count). The molecule has 1 aromatic heterocycles. The molecule has 0 saturated carbocycles. The second-order valence-electron chi connectivity index (χ2n) is 5.07. The van der Waals surface area contributed by atoms with E-state index >= 15 is 0 Å². The van der Waals surface area contributed by atoms with E-state index in [4.69, 9.17) is 4.74 Å². The Morgan fingerprint density at radius 3 is 2.67 bits per heavy atom. The smallest absolute Gasteiger partial charge is 0.133 e. The molecule has 0 spiro atoms. The molecule has 4 nitrogen and oxygen atoms in total. The van der Waals surface area contributed by atoms with Gasteiger partial charge in [0.05, 0.1) is 7.11 Å². The van der Waals surface area contributed by atoms with Crippen LogP contribution in [-0.2, 0) is 6.42 Å². The number of hydrogen-bond donors (Lipinski definition) is 0. The number of anilines is 1. The van der Waals surface area contributed by atoms with E-state index in [0.29, 0.717) is 6.04 Å². The van der Waals surface area contributed by atoms with Crippen molar-refractivity contribution in [3.8, 4) is 5.75 Å². The van der Waals surface area contributed by atoms with Crippen LogP contribution in [0, 0.1) is 6.92 Å². The summed E-state index contributed by atoms with van der Waals surface area (Å²) in [6, 6.07) is 10.4. The van der Waals surface area contributed by atoms with Gasteiger partial charge in [-0.25, -0.2) is 9.97 Å². The van der Waals surface area contributed by atoms with Crippen LogP contribution in [0.15, 0.2) is 34.9 Å². The van der Waals surface area contributed by atoms with E-state index < -0.39 is 0 Å². The maximum atomic E-state index is 5.42. The van der Waals surface area contributed by atoms with Gasteiger partial charge in [-0.3, -0.25) is 0 Å². The van der Waals surface area contributed by atoms with Crippen molar-refractivity contribution in [3.63, 3.8) is 0 Å². The molecule has 0 aliphatic carbocycles. The number of methoxy groups -OCH3 is 1. The normalized spacial score (nSPS) is 12.0. The third-order valence-electron chi connectivity index (χ3n) is 3.52. The average Bonchev–Trinajstić information content (AvgIpc) is 2.46. The number of aromatic nitrogens is 2. The fraction of sp³-hybridized carbons (Fsp3) is 0.375. The van der Waals surface area contributed by atoms with Gasteiger partial charge in [0.25, 0.3) is 0 Å². The summed E-state index contributed by atoms with van der Waals surface area (Å²) in [5.74, 6) is 2.60. The van der Waals surface area contributed by atoms with Crippen LogP contribution in [0.5, 0.6) is 5.75 Å². The number of nitrogens with zero attached hydrogens (tertiary/aromatic N) is 3. The largest absolute Gasteiger partial charge is 0.496 e. The lowest BCUT2D eigenvalue weighted by Gasteiger charge is -2.26. The summed E-state index contributed by atoms with van der Waals surface area (Å²) in [6.07, 6.45) is 0.890. The maximum absolute atomic E-state index is 5.42. The third kappa shape index (κ3) is 3.94.